The molecule has 0 radical (unpaired) electrons. The number of aromatic nitrogens is 6. The zero-order chi connectivity index (χ0) is 23.8. The van der Waals surface area contributed by atoms with Crippen molar-refractivity contribution < 1.29 is 4.74 Å². The van der Waals surface area contributed by atoms with Crippen LogP contribution in [-0.2, 0) is 4.74 Å². The second-order valence-electron chi connectivity index (χ2n) is 8.48. The summed E-state index contributed by atoms with van der Waals surface area (Å²) < 4.78 is 7.51. The van der Waals surface area contributed by atoms with Gasteiger partial charge in [0.2, 0.25) is 0 Å². The highest BCUT2D eigenvalue weighted by atomic mass is 16.5. The maximum atomic E-state index is 5.68. The van der Waals surface area contributed by atoms with Gasteiger partial charge in [-0.15, -0.1) is 5.10 Å². The summed E-state index contributed by atoms with van der Waals surface area (Å²) in [6, 6.07) is 11.8. The van der Waals surface area contributed by atoms with Gasteiger partial charge >= 0.3 is 0 Å². The average Bonchev–Trinajstić information content (AvgIpc) is 3.32. The van der Waals surface area contributed by atoms with Crippen LogP contribution in [0.5, 0.6) is 0 Å². The van der Waals surface area contributed by atoms with Crippen LogP contribution in [0.1, 0.15) is 6.92 Å². The molecule has 10 heteroatoms. The molecule has 1 saturated heterocycles. The standard InChI is InChI=1S/C25H25N9O/c1-16-14-33(9-10-35-16)17-6-7-23-31-25(32-34(23)15-17)20-13-29-24(26-2)19-12-28-22(11-18(19)20)30-21-5-3-4-8-27-21/h3-8,11-13,15-16H,9-10,14H2,1-2H3,(H,26,29)(H,27,28,30)/t16-/m0/s1. The van der Waals surface area contributed by atoms with Gasteiger partial charge in [-0.25, -0.2) is 24.5 Å². The van der Waals surface area contributed by atoms with Crippen LogP contribution in [0.3, 0.4) is 0 Å². The third-order valence-electron chi connectivity index (χ3n) is 6.09. The van der Waals surface area contributed by atoms with E-state index in [-0.39, 0.29) is 6.10 Å². The van der Waals surface area contributed by atoms with Gasteiger partial charge in [0.25, 0.3) is 0 Å². The minimum Gasteiger partial charge on any atom is -0.375 e. The maximum Gasteiger partial charge on any atom is 0.184 e. The molecule has 0 saturated carbocycles. The normalized spacial score (nSPS) is 16.1. The van der Waals surface area contributed by atoms with Gasteiger partial charge in [0.1, 0.15) is 17.5 Å². The molecule has 6 heterocycles. The molecule has 0 bridgehead atoms. The molecule has 0 aliphatic carbocycles. The SMILES string of the molecule is CNc1ncc(-c2nc3ccc(N4CCO[C@@H](C)C4)cn3n2)c2cc(Nc3ccccn3)ncc12. The summed E-state index contributed by atoms with van der Waals surface area (Å²) in [6.45, 7) is 4.53. The lowest BCUT2D eigenvalue weighted by molar-refractivity contribution is 0.0532. The number of anilines is 4. The Kier molecular flexibility index (Phi) is 5.34. The zero-order valence-electron chi connectivity index (χ0n) is 19.5. The number of nitrogens with one attached hydrogen (secondary N) is 2. The number of fused-ring (bicyclic) bond motifs is 2. The third-order valence-corrected chi connectivity index (χ3v) is 6.09. The van der Waals surface area contributed by atoms with E-state index in [0.717, 1.165) is 59.0 Å². The molecule has 5 aromatic heterocycles. The van der Waals surface area contributed by atoms with Crippen LogP contribution in [0.4, 0.5) is 23.1 Å². The molecule has 2 N–H and O–H groups in total. The van der Waals surface area contributed by atoms with E-state index < -0.39 is 0 Å². The molecule has 6 rings (SSSR count). The third kappa shape index (κ3) is 4.08. The fraction of sp³-hybridized carbons (Fsp3) is 0.240. The minimum atomic E-state index is 0.205. The van der Waals surface area contributed by atoms with Crippen molar-refractivity contribution in [3.63, 3.8) is 0 Å². The van der Waals surface area contributed by atoms with Crippen molar-refractivity contribution >= 4 is 39.6 Å². The van der Waals surface area contributed by atoms with Crippen LogP contribution in [-0.4, -0.2) is 62.4 Å². The Bertz CT molecular complexity index is 1500. The van der Waals surface area contributed by atoms with Gasteiger partial charge in [-0.2, -0.15) is 0 Å². The van der Waals surface area contributed by atoms with Crippen molar-refractivity contribution in [3.05, 3.63) is 61.2 Å². The summed E-state index contributed by atoms with van der Waals surface area (Å²) in [5.74, 6) is 2.75. The van der Waals surface area contributed by atoms with Crippen LogP contribution in [0.15, 0.2) is 61.2 Å². The average molecular weight is 468 g/mol. The molecule has 1 atom stereocenters. The first-order valence-electron chi connectivity index (χ1n) is 11.6. The zero-order valence-corrected chi connectivity index (χ0v) is 19.5. The molecule has 0 aromatic carbocycles. The highest BCUT2D eigenvalue weighted by Gasteiger charge is 2.19. The van der Waals surface area contributed by atoms with Crippen LogP contribution in [0.25, 0.3) is 27.8 Å². The molecule has 1 aliphatic rings. The van der Waals surface area contributed by atoms with Crippen LogP contribution in [0.2, 0.25) is 0 Å². The van der Waals surface area contributed by atoms with Crippen LogP contribution >= 0.6 is 0 Å². The number of hydrogen-bond donors (Lipinski definition) is 2. The quantitative estimate of drug-likeness (QED) is 0.400. The number of ether oxygens (including phenoxy) is 1. The van der Waals surface area contributed by atoms with Gasteiger partial charge in [0.05, 0.1) is 24.6 Å². The highest BCUT2D eigenvalue weighted by Crippen LogP contribution is 2.32. The lowest BCUT2D eigenvalue weighted by Gasteiger charge is -2.32. The number of hydrogen-bond acceptors (Lipinski definition) is 9. The number of rotatable bonds is 5. The van der Waals surface area contributed by atoms with E-state index in [4.69, 9.17) is 14.8 Å². The Balaban J connectivity index is 1.41. The van der Waals surface area contributed by atoms with Crippen molar-refractivity contribution in [2.45, 2.75) is 13.0 Å². The Labute approximate surface area is 202 Å². The summed E-state index contributed by atoms with van der Waals surface area (Å²) in [4.78, 5) is 20.6. The molecule has 0 amide bonds. The van der Waals surface area contributed by atoms with E-state index >= 15 is 0 Å². The Morgan fingerprint density at radius 2 is 1.97 bits per heavy atom. The molecular weight excluding hydrogens is 442 g/mol. The molecule has 0 unspecified atom stereocenters. The second-order valence-corrected chi connectivity index (χ2v) is 8.48. The molecule has 5 aromatic rings. The van der Waals surface area contributed by atoms with E-state index in [9.17, 15) is 0 Å². The fourth-order valence-electron chi connectivity index (χ4n) is 4.38. The van der Waals surface area contributed by atoms with Gasteiger partial charge in [0, 0.05) is 55.1 Å². The second kappa shape index (κ2) is 8.80. The Morgan fingerprint density at radius 3 is 2.80 bits per heavy atom. The summed E-state index contributed by atoms with van der Waals surface area (Å²) in [6.07, 6.45) is 7.58. The molecule has 176 valence electrons. The maximum absolute atomic E-state index is 5.68. The first-order chi connectivity index (χ1) is 17.2. The fourth-order valence-corrected chi connectivity index (χ4v) is 4.38. The molecule has 0 spiro atoms. The van der Waals surface area contributed by atoms with Crippen LogP contribution in [0, 0.1) is 0 Å². The van der Waals surface area contributed by atoms with Gasteiger partial charge in [-0.1, -0.05) is 6.07 Å². The van der Waals surface area contributed by atoms with Crippen molar-refractivity contribution in [3.8, 4) is 11.4 Å². The molecular formula is C25H25N9O. The van der Waals surface area contributed by atoms with Crippen molar-refractivity contribution in [2.24, 2.45) is 0 Å². The predicted molar refractivity (Wildman–Crippen MR) is 136 cm³/mol. The highest BCUT2D eigenvalue weighted by molar-refractivity contribution is 6.01. The first kappa shape index (κ1) is 21.2. The van der Waals surface area contributed by atoms with Gasteiger partial charge in [0.15, 0.2) is 11.5 Å². The van der Waals surface area contributed by atoms with E-state index in [0.29, 0.717) is 11.6 Å². The van der Waals surface area contributed by atoms with Gasteiger partial charge in [-0.3, -0.25) is 0 Å². The largest absolute Gasteiger partial charge is 0.375 e. The Morgan fingerprint density at radius 1 is 1.03 bits per heavy atom. The van der Waals surface area contributed by atoms with Gasteiger partial charge < -0.3 is 20.3 Å². The van der Waals surface area contributed by atoms with Crippen molar-refractivity contribution in [2.75, 3.05) is 42.3 Å². The number of nitrogens with zero attached hydrogens (tertiary/aromatic N) is 7. The lowest BCUT2D eigenvalue weighted by atomic mass is 10.1. The molecule has 1 aliphatic heterocycles. The number of morpholine rings is 1. The predicted octanol–water partition coefficient (Wildman–Crippen LogP) is 3.74. The van der Waals surface area contributed by atoms with E-state index in [2.05, 4.69) is 43.5 Å². The summed E-state index contributed by atoms with van der Waals surface area (Å²) in [5.41, 5.74) is 2.70. The van der Waals surface area contributed by atoms with E-state index in [1.165, 1.54) is 0 Å². The first-order valence-corrected chi connectivity index (χ1v) is 11.6. The summed E-state index contributed by atoms with van der Waals surface area (Å²) in [7, 11) is 1.85. The van der Waals surface area contributed by atoms with E-state index in [1.54, 1.807) is 18.6 Å². The van der Waals surface area contributed by atoms with Gasteiger partial charge in [-0.05, 0) is 37.3 Å². The topological polar surface area (TPSA) is 105 Å². The number of pyridine rings is 4. The molecule has 10 nitrogen and oxygen atoms in total. The summed E-state index contributed by atoms with van der Waals surface area (Å²) >= 11 is 0. The van der Waals surface area contributed by atoms with E-state index in [1.807, 2.05) is 48.1 Å². The Hall–Kier alpha value is -4.31. The van der Waals surface area contributed by atoms with Crippen molar-refractivity contribution in [1.29, 1.82) is 0 Å². The summed E-state index contributed by atoms with van der Waals surface area (Å²) in [5, 5.41) is 13.0. The van der Waals surface area contributed by atoms with Crippen molar-refractivity contribution in [1.82, 2.24) is 29.5 Å². The molecule has 35 heavy (non-hydrogen) atoms. The molecule has 1 fully saturated rings. The minimum absolute atomic E-state index is 0.205. The lowest BCUT2D eigenvalue weighted by Crippen LogP contribution is -2.41. The monoisotopic (exact) mass is 467 g/mol. The smallest absolute Gasteiger partial charge is 0.184 e. The van der Waals surface area contributed by atoms with Crippen LogP contribution < -0.4 is 15.5 Å².